The van der Waals surface area contributed by atoms with Crippen molar-refractivity contribution in [2.24, 2.45) is 5.41 Å². The minimum Gasteiger partial charge on any atom is -0.371 e. The van der Waals surface area contributed by atoms with E-state index in [1.807, 2.05) is 18.2 Å². The zero-order valence-corrected chi connectivity index (χ0v) is 15.2. The van der Waals surface area contributed by atoms with Gasteiger partial charge >= 0.3 is 0 Å². The summed E-state index contributed by atoms with van der Waals surface area (Å²) in [5.74, 6) is 0.0700. The van der Waals surface area contributed by atoms with Gasteiger partial charge in [0.2, 0.25) is 5.91 Å². The molecule has 1 saturated carbocycles. The van der Waals surface area contributed by atoms with E-state index in [1.165, 1.54) is 25.7 Å². The van der Waals surface area contributed by atoms with Gasteiger partial charge in [0, 0.05) is 6.20 Å². The molecule has 0 bridgehead atoms. The summed E-state index contributed by atoms with van der Waals surface area (Å²) in [4.78, 5) is 17.1. The Morgan fingerprint density at radius 2 is 2.08 bits per heavy atom. The van der Waals surface area contributed by atoms with E-state index in [9.17, 15) is 4.79 Å². The number of aromatic nitrogens is 1. The lowest BCUT2D eigenvalue weighted by Gasteiger charge is -2.31. The Kier molecular flexibility index (Phi) is 4.95. The monoisotopic (exact) mass is 330 g/mol. The maximum absolute atomic E-state index is 12.6. The number of amides is 1. The van der Waals surface area contributed by atoms with Crippen LogP contribution >= 0.6 is 0 Å². The molecule has 1 N–H and O–H groups in total. The first-order valence-corrected chi connectivity index (χ1v) is 9.26. The van der Waals surface area contributed by atoms with E-state index in [4.69, 9.17) is 4.74 Å². The lowest BCUT2D eigenvalue weighted by Crippen LogP contribution is -2.38. The molecule has 2 heterocycles. The molecule has 0 unspecified atom stereocenters. The molecule has 1 aliphatic carbocycles. The van der Waals surface area contributed by atoms with Crippen LogP contribution < -0.4 is 5.32 Å². The SMILES string of the molecule is CC(C)(C)[C@H](NC(=O)C[C@@H]1CCC2(CCCC2)O1)c1ccccn1. The molecular formula is C20H30N2O2. The van der Waals surface area contributed by atoms with Gasteiger partial charge in [-0.3, -0.25) is 9.78 Å². The highest BCUT2D eigenvalue weighted by molar-refractivity contribution is 5.77. The minimum atomic E-state index is -0.0901. The van der Waals surface area contributed by atoms with Gasteiger partial charge in [-0.15, -0.1) is 0 Å². The zero-order chi connectivity index (χ0) is 17.2. The van der Waals surface area contributed by atoms with Crippen LogP contribution in [0.5, 0.6) is 0 Å². The van der Waals surface area contributed by atoms with Crippen LogP contribution in [0.3, 0.4) is 0 Å². The van der Waals surface area contributed by atoms with Gasteiger partial charge in [0.15, 0.2) is 0 Å². The van der Waals surface area contributed by atoms with Gasteiger partial charge in [0.1, 0.15) is 0 Å². The summed E-state index contributed by atoms with van der Waals surface area (Å²) in [5, 5.41) is 3.20. The standard InChI is InChI=1S/C20H30N2O2/c1-19(2,3)18(16-8-4-7-13-21-16)22-17(23)14-15-9-12-20(24-15)10-5-6-11-20/h4,7-8,13,15,18H,5-6,9-12,14H2,1-3H3,(H,22,23)/t15-,18+/m0/s1. The van der Waals surface area contributed by atoms with Gasteiger partial charge in [-0.25, -0.2) is 0 Å². The quantitative estimate of drug-likeness (QED) is 0.901. The van der Waals surface area contributed by atoms with Gasteiger partial charge in [-0.05, 0) is 43.2 Å². The summed E-state index contributed by atoms with van der Waals surface area (Å²) in [7, 11) is 0. The summed E-state index contributed by atoms with van der Waals surface area (Å²) < 4.78 is 6.28. The first-order valence-electron chi connectivity index (χ1n) is 9.26. The molecule has 1 spiro atoms. The largest absolute Gasteiger partial charge is 0.371 e. The third-order valence-corrected chi connectivity index (χ3v) is 5.42. The number of carbonyl (C=O) groups excluding carboxylic acids is 1. The Morgan fingerprint density at radius 3 is 2.71 bits per heavy atom. The molecule has 1 aromatic heterocycles. The third-order valence-electron chi connectivity index (χ3n) is 5.42. The van der Waals surface area contributed by atoms with Crippen LogP contribution in [0.1, 0.15) is 77.5 Å². The molecule has 2 atom stereocenters. The van der Waals surface area contributed by atoms with E-state index in [-0.39, 0.29) is 29.1 Å². The highest BCUT2D eigenvalue weighted by atomic mass is 16.5. The van der Waals surface area contributed by atoms with E-state index < -0.39 is 0 Å². The van der Waals surface area contributed by atoms with Crippen LogP contribution in [0.15, 0.2) is 24.4 Å². The fourth-order valence-corrected chi connectivity index (χ4v) is 4.13. The average molecular weight is 330 g/mol. The summed E-state index contributed by atoms with van der Waals surface area (Å²) in [6.07, 6.45) is 9.33. The molecule has 4 heteroatoms. The lowest BCUT2D eigenvalue weighted by atomic mass is 9.84. The first kappa shape index (κ1) is 17.4. The highest BCUT2D eigenvalue weighted by Crippen LogP contribution is 2.44. The Hall–Kier alpha value is -1.42. The van der Waals surface area contributed by atoms with Gasteiger partial charge < -0.3 is 10.1 Å². The smallest absolute Gasteiger partial charge is 0.223 e. The maximum Gasteiger partial charge on any atom is 0.223 e. The number of nitrogens with zero attached hydrogens (tertiary/aromatic N) is 1. The number of nitrogens with one attached hydrogen (secondary N) is 1. The molecule has 2 aliphatic rings. The van der Waals surface area contributed by atoms with E-state index in [2.05, 4.69) is 31.1 Å². The summed E-state index contributed by atoms with van der Waals surface area (Å²) in [5.41, 5.74) is 0.917. The van der Waals surface area contributed by atoms with Crippen molar-refractivity contribution in [3.8, 4) is 0 Å². The maximum atomic E-state index is 12.6. The third kappa shape index (κ3) is 3.97. The molecule has 1 amide bonds. The van der Waals surface area contributed by atoms with Crippen LogP contribution in [0, 0.1) is 5.41 Å². The average Bonchev–Trinajstić information content (AvgIpc) is 3.15. The van der Waals surface area contributed by atoms with Crippen molar-refractivity contribution in [1.82, 2.24) is 10.3 Å². The number of hydrogen-bond acceptors (Lipinski definition) is 3. The van der Waals surface area contributed by atoms with Crippen LogP contribution in [-0.4, -0.2) is 22.6 Å². The lowest BCUT2D eigenvalue weighted by molar-refractivity contribution is -0.127. The second kappa shape index (κ2) is 6.83. The second-order valence-electron chi connectivity index (χ2n) is 8.49. The highest BCUT2D eigenvalue weighted by Gasteiger charge is 2.42. The van der Waals surface area contributed by atoms with Crippen molar-refractivity contribution in [3.05, 3.63) is 30.1 Å². The van der Waals surface area contributed by atoms with Crippen molar-refractivity contribution in [1.29, 1.82) is 0 Å². The Morgan fingerprint density at radius 1 is 1.33 bits per heavy atom. The first-order chi connectivity index (χ1) is 11.4. The van der Waals surface area contributed by atoms with Crippen molar-refractivity contribution in [2.45, 2.75) is 83.5 Å². The van der Waals surface area contributed by atoms with E-state index >= 15 is 0 Å². The molecule has 0 aromatic carbocycles. The molecule has 1 aliphatic heterocycles. The van der Waals surface area contributed by atoms with Gasteiger partial charge in [0.25, 0.3) is 0 Å². The number of rotatable bonds is 4. The zero-order valence-electron chi connectivity index (χ0n) is 15.2. The molecule has 132 valence electrons. The molecule has 2 fully saturated rings. The molecule has 3 rings (SSSR count). The normalized spacial score (nSPS) is 24.2. The van der Waals surface area contributed by atoms with Crippen LogP contribution in [0.2, 0.25) is 0 Å². The number of carbonyl (C=O) groups is 1. The van der Waals surface area contributed by atoms with Crippen molar-refractivity contribution in [2.75, 3.05) is 0 Å². The predicted molar refractivity (Wildman–Crippen MR) is 94.5 cm³/mol. The van der Waals surface area contributed by atoms with Crippen LogP contribution in [0.25, 0.3) is 0 Å². The van der Waals surface area contributed by atoms with Crippen molar-refractivity contribution < 1.29 is 9.53 Å². The topological polar surface area (TPSA) is 51.2 Å². The second-order valence-corrected chi connectivity index (χ2v) is 8.49. The van der Waals surface area contributed by atoms with Gasteiger partial charge in [0.05, 0.1) is 29.9 Å². The Balaban J connectivity index is 1.60. The molecule has 1 aromatic rings. The van der Waals surface area contributed by atoms with Crippen molar-refractivity contribution in [3.63, 3.8) is 0 Å². The molecular weight excluding hydrogens is 300 g/mol. The molecule has 24 heavy (non-hydrogen) atoms. The van der Waals surface area contributed by atoms with E-state index in [1.54, 1.807) is 6.20 Å². The minimum absolute atomic E-state index is 0.0700. The summed E-state index contributed by atoms with van der Waals surface area (Å²) >= 11 is 0. The van der Waals surface area contributed by atoms with Crippen LogP contribution in [-0.2, 0) is 9.53 Å². The van der Waals surface area contributed by atoms with Crippen molar-refractivity contribution >= 4 is 5.91 Å². The summed E-state index contributed by atoms with van der Waals surface area (Å²) in [6, 6.07) is 5.76. The fraction of sp³-hybridized carbons (Fsp3) is 0.700. The number of ether oxygens (including phenoxy) is 1. The predicted octanol–water partition coefficient (Wildman–Crippen LogP) is 4.17. The fourth-order valence-electron chi connectivity index (χ4n) is 4.13. The van der Waals surface area contributed by atoms with Gasteiger partial charge in [-0.1, -0.05) is 39.7 Å². The number of pyridine rings is 1. The molecule has 4 nitrogen and oxygen atoms in total. The summed E-state index contributed by atoms with van der Waals surface area (Å²) in [6.45, 7) is 6.39. The molecule has 1 saturated heterocycles. The van der Waals surface area contributed by atoms with Crippen LogP contribution in [0.4, 0.5) is 0 Å². The van der Waals surface area contributed by atoms with Gasteiger partial charge in [-0.2, -0.15) is 0 Å². The van der Waals surface area contributed by atoms with E-state index in [0.29, 0.717) is 6.42 Å². The molecule has 0 radical (unpaired) electrons. The number of hydrogen-bond donors (Lipinski definition) is 1. The Labute approximate surface area is 145 Å². The van der Waals surface area contributed by atoms with E-state index in [0.717, 1.165) is 18.5 Å². The Bertz CT molecular complexity index is 559.